The summed E-state index contributed by atoms with van der Waals surface area (Å²) in [6, 6.07) is 55.3. The highest BCUT2D eigenvalue weighted by atomic mass is 15.1. The summed E-state index contributed by atoms with van der Waals surface area (Å²) in [7, 11) is 0. The number of benzene rings is 7. The van der Waals surface area contributed by atoms with Crippen LogP contribution < -0.4 is 0 Å². The first kappa shape index (κ1) is 23.9. The van der Waals surface area contributed by atoms with Gasteiger partial charge >= 0.3 is 0 Å². The van der Waals surface area contributed by atoms with Crippen LogP contribution in [0.1, 0.15) is 19.5 Å². The molecule has 0 aliphatic heterocycles. The normalized spacial score (nSPS) is 13.5. The van der Waals surface area contributed by atoms with Crippen LogP contribution in [0.3, 0.4) is 0 Å². The zero-order chi connectivity index (χ0) is 37.0. The van der Waals surface area contributed by atoms with E-state index in [0.717, 1.165) is 60.6 Å². The highest BCUT2D eigenvalue weighted by Crippen LogP contribution is 2.44. The molecule has 49 heavy (non-hydrogen) atoms. The van der Waals surface area contributed by atoms with E-state index in [1.165, 1.54) is 5.56 Å². The van der Waals surface area contributed by atoms with Crippen LogP contribution in [-0.2, 0) is 6.37 Å². The topological polar surface area (TPSA) is 30.7 Å². The van der Waals surface area contributed by atoms with Gasteiger partial charge in [-0.25, -0.2) is 4.98 Å². The number of nitrogens with zero attached hydrogens (tertiary/aromatic N) is 3. The maximum absolute atomic E-state index is 8.65. The molecule has 0 saturated heterocycles. The van der Waals surface area contributed by atoms with Gasteiger partial charge in [0.2, 0.25) is 0 Å². The average molecular weight is 633 g/mol. The van der Waals surface area contributed by atoms with Gasteiger partial charge in [0.25, 0.3) is 0 Å². The predicted octanol–water partition coefficient (Wildman–Crippen LogP) is 12.0. The molecule has 0 spiro atoms. The number of imidazole rings is 1. The molecule has 0 unspecified atom stereocenters. The van der Waals surface area contributed by atoms with Crippen molar-refractivity contribution in [2.75, 3.05) is 0 Å². The van der Waals surface area contributed by atoms with E-state index in [9.17, 15) is 0 Å². The number of para-hydroxylation sites is 2. The SMILES string of the molecule is [2H]C([2H])([2H])C([2H])([2H])c1nc2ccccc2n1-c1cccc(-c2cccc(-c3c4ccccc4c(-c4cccc(-c5ccccn5)c4)c4ccccc34)c2)c1. The molecule has 9 rings (SSSR count). The first-order chi connectivity index (χ1) is 26.2. The molecule has 2 aromatic heterocycles. The Morgan fingerprint density at radius 1 is 0.531 bits per heavy atom. The number of rotatable bonds is 6. The quantitative estimate of drug-likeness (QED) is 0.171. The molecule has 3 nitrogen and oxygen atoms in total. The minimum Gasteiger partial charge on any atom is -0.296 e. The van der Waals surface area contributed by atoms with Gasteiger partial charge in [-0.1, -0.05) is 122 Å². The van der Waals surface area contributed by atoms with Crippen LogP contribution in [0.15, 0.2) is 170 Å². The van der Waals surface area contributed by atoms with Crippen LogP contribution in [0.4, 0.5) is 0 Å². The standard InChI is InChI=1S/C46H33N3/c1-2-44-48-42-25-7-8-26-43(42)49(44)36-19-13-15-32(30-36)31-14-11-17-34(28-31)45-37-20-3-5-22-39(37)46(40-23-6-4-21-38(40)45)35-18-12-16-33(29-35)41-24-9-10-27-47-41/h3-30H,2H2,1H3/i1D3,2D2. The van der Waals surface area contributed by atoms with Gasteiger partial charge in [-0.05, 0) is 103 Å². The van der Waals surface area contributed by atoms with Gasteiger partial charge < -0.3 is 0 Å². The van der Waals surface area contributed by atoms with Gasteiger partial charge in [0.05, 0.1) is 16.7 Å². The number of fused-ring (bicyclic) bond motifs is 3. The fourth-order valence-electron chi connectivity index (χ4n) is 7.17. The lowest BCUT2D eigenvalue weighted by molar-refractivity contribution is 0.908. The number of pyridine rings is 1. The van der Waals surface area contributed by atoms with Gasteiger partial charge in [-0.2, -0.15) is 0 Å². The van der Waals surface area contributed by atoms with Crippen molar-refractivity contribution in [2.45, 2.75) is 13.2 Å². The van der Waals surface area contributed by atoms with Crippen molar-refractivity contribution in [3.05, 3.63) is 176 Å². The fraction of sp³-hybridized carbons (Fsp3) is 0.0435. The molecule has 7 aromatic carbocycles. The van der Waals surface area contributed by atoms with Crippen molar-refractivity contribution in [3.8, 4) is 50.3 Å². The second-order valence-corrected chi connectivity index (χ2v) is 12.2. The maximum atomic E-state index is 8.65. The molecule has 0 saturated carbocycles. The summed E-state index contributed by atoms with van der Waals surface area (Å²) in [5.41, 5.74) is 10.2. The third-order valence-electron chi connectivity index (χ3n) is 9.30. The van der Waals surface area contributed by atoms with Crippen molar-refractivity contribution in [1.82, 2.24) is 14.5 Å². The van der Waals surface area contributed by atoms with Crippen LogP contribution in [-0.4, -0.2) is 14.5 Å². The lowest BCUT2D eigenvalue weighted by atomic mass is 9.85. The highest BCUT2D eigenvalue weighted by Gasteiger charge is 2.18. The summed E-state index contributed by atoms with van der Waals surface area (Å²) < 4.78 is 43.0. The number of aromatic nitrogens is 3. The summed E-state index contributed by atoms with van der Waals surface area (Å²) in [4.78, 5) is 9.12. The lowest BCUT2D eigenvalue weighted by Gasteiger charge is -2.18. The Morgan fingerprint density at radius 3 is 1.73 bits per heavy atom. The van der Waals surface area contributed by atoms with Crippen LogP contribution in [0, 0.1) is 0 Å². The van der Waals surface area contributed by atoms with E-state index in [0.29, 0.717) is 16.7 Å². The van der Waals surface area contributed by atoms with Crippen LogP contribution in [0.5, 0.6) is 0 Å². The summed E-state index contributed by atoms with van der Waals surface area (Å²) in [6.07, 6.45) is -0.862. The molecule has 0 N–H and O–H groups in total. The maximum Gasteiger partial charge on any atom is 0.114 e. The predicted molar refractivity (Wildman–Crippen MR) is 205 cm³/mol. The van der Waals surface area contributed by atoms with Gasteiger partial charge in [-0.15, -0.1) is 0 Å². The van der Waals surface area contributed by atoms with Gasteiger partial charge in [0, 0.05) is 30.7 Å². The average Bonchev–Trinajstić information content (AvgIpc) is 3.61. The molecule has 0 aliphatic rings. The van der Waals surface area contributed by atoms with Gasteiger partial charge in [0.1, 0.15) is 5.82 Å². The van der Waals surface area contributed by atoms with Gasteiger partial charge in [-0.3, -0.25) is 9.55 Å². The van der Waals surface area contributed by atoms with E-state index in [1.54, 1.807) is 10.6 Å². The zero-order valence-corrected chi connectivity index (χ0v) is 26.5. The molecular formula is C46H33N3. The molecule has 0 aliphatic carbocycles. The molecule has 232 valence electrons. The Labute approximate surface area is 292 Å². The molecule has 0 radical (unpaired) electrons. The molecule has 3 heteroatoms. The summed E-state index contributed by atoms with van der Waals surface area (Å²) in [5.74, 6) is -0.154. The van der Waals surface area contributed by atoms with Crippen molar-refractivity contribution in [2.24, 2.45) is 0 Å². The second-order valence-electron chi connectivity index (χ2n) is 12.2. The molecule has 0 fully saturated rings. The molecule has 9 aromatic rings. The lowest BCUT2D eigenvalue weighted by Crippen LogP contribution is -2.00. The first-order valence-corrected chi connectivity index (χ1v) is 16.3. The monoisotopic (exact) mass is 632 g/mol. The van der Waals surface area contributed by atoms with E-state index in [1.807, 2.05) is 66.9 Å². The molecule has 0 bridgehead atoms. The van der Waals surface area contributed by atoms with Crippen molar-refractivity contribution in [3.63, 3.8) is 0 Å². The summed E-state index contributed by atoms with van der Waals surface area (Å²) in [5, 5.41) is 4.59. The van der Waals surface area contributed by atoms with E-state index >= 15 is 0 Å². The first-order valence-electron chi connectivity index (χ1n) is 18.8. The fourth-order valence-corrected chi connectivity index (χ4v) is 7.17. The third-order valence-corrected chi connectivity index (χ3v) is 9.30. The smallest absolute Gasteiger partial charge is 0.114 e. The minimum absolute atomic E-state index is 0.154. The molecule has 0 atom stereocenters. The van der Waals surface area contributed by atoms with Crippen LogP contribution in [0.2, 0.25) is 0 Å². The molecule has 0 amide bonds. The number of hydrogen-bond acceptors (Lipinski definition) is 2. The minimum atomic E-state index is -2.92. The number of hydrogen-bond donors (Lipinski definition) is 0. The summed E-state index contributed by atoms with van der Waals surface area (Å²) in [6.45, 7) is -2.92. The number of aryl methyl sites for hydroxylation is 1. The van der Waals surface area contributed by atoms with E-state index < -0.39 is 13.2 Å². The van der Waals surface area contributed by atoms with Crippen molar-refractivity contribution in [1.29, 1.82) is 0 Å². The zero-order valence-electron chi connectivity index (χ0n) is 31.5. The molecular weight excluding hydrogens is 595 g/mol. The second kappa shape index (κ2) is 12.0. The van der Waals surface area contributed by atoms with Crippen LogP contribution >= 0.6 is 0 Å². The van der Waals surface area contributed by atoms with Crippen LogP contribution in [0.25, 0.3) is 82.9 Å². The Morgan fingerprint density at radius 2 is 1.08 bits per heavy atom. The van der Waals surface area contributed by atoms with E-state index in [2.05, 4.69) is 107 Å². The third kappa shape index (κ3) is 4.99. The molecule has 2 heterocycles. The van der Waals surface area contributed by atoms with E-state index in [-0.39, 0.29) is 5.82 Å². The Balaban J connectivity index is 1.21. The highest BCUT2D eigenvalue weighted by molar-refractivity contribution is 6.21. The Hall–Kier alpha value is -6.32. The summed E-state index contributed by atoms with van der Waals surface area (Å²) >= 11 is 0. The van der Waals surface area contributed by atoms with E-state index in [4.69, 9.17) is 6.85 Å². The van der Waals surface area contributed by atoms with Crippen molar-refractivity contribution < 1.29 is 6.85 Å². The van der Waals surface area contributed by atoms with Gasteiger partial charge in [0.15, 0.2) is 0 Å². The Kier molecular flexibility index (Phi) is 5.88. The largest absolute Gasteiger partial charge is 0.296 e. The Bertz CT molecular complexity index is 2800. The van der Waals surface area contributed by atoms with Crippen molar-refractivity contribution >= 4 is 32.6 Å².